The number of anilines is 1. The molecule has 1 amide bonds. The highest BCUT2D eigenvalue weighted by molar-refractivity contribution is 7.89. The van der Waals surface area contributed by atoms with E-state index in [-0.39, 0.29) is 17.3 Å². The van der Waals surface area contributed by atoms with Gasteiger partial charge < -0.3 is 10.1 Å². The summed E-state index contributed by atoms with van der Waals surface area (Å²) in [6, 6.07) is 15.0. The summed E-state index contributed by atoms with van der Waals surface area (Å²) in [5.41, 5.74) is 4.82. The molecule has 0 heterocycles. The maximum atomic E-state index is 13.0. The van der Waals surface area contributed by atoms with E-state index < -0.39 is 10.0 Å². The number of aryl methyl sites for hydroxylation is 3. The number of amides is 1. The number of rotatable bonds is 7. The highest BCUT2D eigenvalue weighted by Crippen LogP contribution is 2.27. The van der Waals surface area contributed by atoms with Crippen molar-refractivity contribution in [3.63, 3.8) is 0 Å². The Balaban J connectivity index is 1.88. The second-order valence-electron chi connectivity index (χ2n) is 7.97. The van der Waals surface area contributed by atoms with Gasteiger partial charge in [0, 0.05) is 35.4 Å². The fourth-order valence-corrected chi connectivity index (χ4v) is 4.99. The minimum atomic E-state index is -3.76. The van der Waals surface area contributed by atoms with Crippen LogP contribution in [0.3, 0.4) is 0 Å². The van der Waals surface area contributed by atoms with Gasteiger partial charge in [-0.3, -0.25) is 4.79 Å². The molecule has 3 aromatic rings. The van der Waals surface area contributed by atoms with E-state index >= 15 is 0 Å². The SMILES string of the molecule is COc1ccc(C(=O)Nc2c(C)cc(C)cc2C)cc1CN(C)S(=O)(=O)c1ccc(Cl)cc1. The van der Waals surface area contributed by atoms with Crippen molar-refractivity contribution >= 4 is 33.2 Å². The number of benzene rings is 3. The number of carbonyl (C=O) groups excluding carboxylic acids is 1. The van der Waals surface area contributed by atoms with Gasteiger partial charge in [0.1, 0.15) is 5.75 Å². The lowest BCUT2D eigenvalue weighted by molar-refractivity contribution is 0.102. The minimum absolute atomic E-state index is 0.0256. The third-order valence-electron chi connectivity index (χ3n) is 5.37. The van der Waals surface area contributed by atoms with E-state index in [1.54, 1.807) is 18.2 Å². The van der Waals surface area contributed by atoms with Gasteiger partial charge in [-0.05, 0) is 74.4 Å². The first-order valence-electron chi connectivity index (χ1n) is 10.3. The molecule has 0 unspecified atom stereocenters. The summed E-state index contributed by atoms with van der Waals surface area (Å²) in [6.45, 7) is 5.94. The van der Waals surface area contributed by atoms with Crippen LogP contribution in [-0.4, -0.2) is 32.8 Å². The van der Waals surface area contributed by atoms with Gasteiger partial charge in [0.25, 0.3) is 5.91 Å². The van der Waals surface area contributed by atoms with E-state index in [4.69, 9.17) is 16.3 Å². The third kappa shape index (κ3) is 5.55. The van der Waals surface area contributed by atoms with E-state index in [1.807, 2.05) is 32.9 Å². The van der Waals surface area contributed by atoms with Crippen LogP contribution in [0.1, 0.15) is 32.6 Å². The summed E-state index contributed by atoms with van der Waals surface area (Å²) in [5.74, 6) is 0.213. The number of hydrogen-bond donors (Lipinski definition) is 1. The van der Waals surface area contributed by atoms with Crippen LogP contribution in [0, 0.1) is 20.8 Å². The van der Waals surface area contributed by atoms with Crippen molar-refractivity contribution in [2.75, 3.05) is 19.5 Å². The number of ether oxygens (including phenoxy) is 1. The number of halogens is 1. The van der Waals surface area contributed by atoms with Crippen molar-refractivity contribution in [1.29, 1.82) is 0 Å². The van der Waals surface area contributed by atoms with Crippen LogP contribution in [0.15, 0.2) is 59.5 Å². The standard InChI is InChI=1S/C25H27ClN2O4S/c1-16-12-17(2)24(18(3)13-16)27-25(29)19-6-11-23(32-5)20(14-19)15-28(4)33(30,31)22-9-7-21(26)8-10-22/h6-14H,15H2,1-5H3,(H,27,29). The third-order valence-corrected chi connectivity index (χ3v) is 7.44. The van der Waals surface area contributed by atoms with Gasteiger partial charge in [0.15, 0.2) is 0 Å². The average Bonchev–Trinajstić information content (AvgIpc) is 2.76. The highest BCUT2D eigenvalue weighted by atomic mass is 35.5. The van der Waals surface area contributed by atoms with Crippen LogP contribution < -0.4 is 10.1 Å². The molecule has 0 atom stereocenters. The molecule has 0 saturated heterocycles. The minimum Gasteiger partial charge on any atom is -0.496 e. The highest BCUT2D eigenvalue weighted by Gasteiger charge is 2.23. The fraction of sp³-hybridized carbons (Fsp3) is 0.240. The predicted octanol–water partition coefficient (Wildman–Crippen LogP) is 5.35. The zero-order valence-corrected chi connectivity index (χ0v) is 20.8. The molecule has 1 N–H and O–H groups in total. The van der Waals surface area contributed by atoms with Gasteiger partial charge in [-0.1, -0.05) is 29.3 Å². The molecule has 0 radical (unpaired) electrons. The Kier molecular flexibility index (Phi) is 7.47. The molecule has 3 rings (SSSR count). The molecule has 0 fully saturated rings. The summed E-state index contributed by atoms with van der Waals surface area (Å²) in [7, 11) is -0.771. The first-order chi connectivity index (χ1) is 15.5. The first kappa shape index (κ1) is 24.8. The van der Waals surface area contributed by atoms with Gasteiger partial charge in [0.05, 0.1) is 12.0 Å². The summed E-state index contributed by atoms with van der Waals surface area (Å²) in [6.07, 6.45) is 0. The molecule has 0 aromatic heterocycles. The molecule has 6 nitrogen and oxygen atoms in total. The zero-order chi connectivity index (χ0) is 24.3. The largest absolute Gasteiger partial charge is 0.496 e. The normalized spacial score (nSPS) is 11.5. The van der Waals surface area contributed by atoms with Gasteiger partial charge in [-0.2, -0.15) is 4.31 Å². The fourth-order valence-electron chi connectivity index (χ4n) is 3.72. The Morgan fingerprint density at radius 2 is 1.61 bits per heavy atom. The molecule has 0 bridgehead atoms. The molecule has 33 heavy (non-hydrogen) atoms. The van der Waals surface area contributed by atoms with Gasteiger partial charge >= 0.3 is 0 Å². The Hall–Kier alpha value is -2.87. The van der Waals surface area contributed by atoms with Crippen LogP contribution in [0.4, 0.5) is 5.69 Å². The van der Waals surface area contributed by atoms with Crippen molar-refractivity contribution in [3.8, 4) is 5.75 Å². The van der Waals surface area contributed by atoms with E-state index in [9.17, 15) is 13.2 Å². The number of hydrogen-bond acceptors (Lipinski definition) is 4. The summed E-state index contributed by atoms with van der Waals surface area (Å²) >= 11 is 5.88. The second-order valence-corrected chi connectivity index (χ2v) is 10.5. The molecule has 0 aliphatic rings. The first-order valence-corrected chi connectivity index (χ1v) is 12.1. The Labute approximate surface area is 200 Å². The quantitative estimate of drug-likeness (QED) is 0.488. The van der Waals surface area contributed by atoms with Gasteiger partial charge in [-0.15, -0.1) is 0 Å². The van der Waals surface area contributed by atoms with Gasteiger partial charge in [-0.25, -0.2) is 8.42 Å². The predicted molar refractivity (Wildman–Crippen MR) is 132 cm³/mol. The van der Waals surface area contributed by atoms with Crippen LogP contribution in [0.5, 0.6) is 5.75 Å². The van der Waals surface area contributed by atoms with Crippen molar-refractivity contribution in [2.45, 2.75) is 32.2 Å². The molecule has 0 saturated carbocycles. The Bertz CT molecular complexity index is 1270. The van der Waals surface area contributed by atoms with E-state index in [0.717, 1.165) is 22.4 Å². The topological polar surface area (TPSA) is 75.7 Å². The number of nitrogens with one attached hydrogen (secondary N) is 1. The second kappa shape index (κ2) is 9.95. The molecular weight excluding hydrogens is 460 g/mol. The van der Waals surface area contributed by atoms with E-state index in [2.05, 4.69) is 5.32 Å². The molecule has 0 spiro atoms. The Morgan fingerprint density at radius 1 is 1.00 bits per heavy atom. The number of methoxy groups -OCH3 is 1. The van der Waals surface area contributed by atoms with Crippen molar-refractivity contribution < 1.29 is 17.9 Å². The van der Waals surface area contributed by atoms with E-state index in [0.29, 0.717) is 21.9 Å². The summed E-state index contributed by atoms with van der Waals surface area (Å²) in [5, 5.41) is 3.43. The molecule has 174 valence electrons. The van der Waals surface area contributed by atoms with Crippen LogP contribution >= 0.6 is 11.6 Å². The molecule has 0 aliphatic carbocycles. The maximum Gasteiger partial charge on any atom is 0.255 e. The molecule has 0 aliphatic heterocycles. The van der Waals surface area contributed by atoms with Crippen LogP contribution in [-0.2, 0) is 16.6 Å². The number of nitrogens with zero attached hydrogens (tertiary/aromatic N) is 1. The zero-order valence-electron chi connectivity index (χ0n) is 19.3. The smallest absolute Gasteiger partial charge is 0.255 e. The maximum absolute atomic E-state index is 13.0. The van der Waals surface area contributed by atoms with Gasteiger partial charge in [0.2, 0.25) is 10.0 Å². The van der Waals surface area contributed by atoms with E-state index in [1.165, 1.54) is 42.7 Å². The lowest BCUT2D eigenvalue weighted by Gasteiger charge is -2.20. The molecule has 8 heteroatoms. The lowest BCUT2D eigenvalue weighted by Crippen LogP contribution is -2.27. The summed E-state index contributed by atoms with van der Waals surface area (Å²) < 4.78 is 32.6. The monoisotopic (exact) mass is 486 g/mol. The molecule has 3 aromatic carbocycles. The van der Waals surface area contributed by atoms with Crippen LogP contribution in [0.2, 0.25) is 5.02 Å². The summed E-state index contributed by atoms with van der Waals surface area (Å²) in [4.78, 5) is 13.1. The average molecular weight is 487 g/mol. The molecular formula is C25H27ClN2O4S. The van der Waals surface area contributed by atoms with Crippen molar-refractivity contribution in [2.24, 2.45) is 0 Å². The van der Waals surface area contributed by atoms with Crippen molar-refractivity contribution in [3.05, 3.63) is 87.4 Å². The Morgan fingerprint density at radius 3 is 2.18 bits per heavy atom. The number of sulfonamides is 1. The van der Waals surface area contributed by atoms with Crippen LogP contribution in [0.25, 0.3) is 0 Å². The lowest BCUT2D eigenvalue weighted by atomic mass is 10.0. The number of carbonyl (C=O) groups is 1. The van der Waals surface area contributed by atoms with Crippen molar-refractivity contribution in [1.82, 2.24) is 4.31 Å².